The first-order valence-electron chi connectivity index (χ1n) is 3.66. The third-order valence-corrected chi connectivity index (χ3v) is 1.81. The molecule has 0 aliphatic carbocycles. The van der Waals surface area contributed by atoms with E-state index in [9.17, 15) is 0 Å². The van der Waals surface area contributed by atoms with Crippen LogP contribution in [0.4, 0.5) is 0 Å². The quantitative estimate of drug-likeness (QED) is 0.693. The van der Waals surface area contributed by atoms with Gasteiger partial charge in [0.15, 0.2) is 0 Å². The summed E-state index contributed by atoms with van der Waals surface area (Å²) in [6.45, 7) is 1.94. The minimum atomic E-state index is 0.570. The largest absolute Gasteiger partial charge is 0.322 e. The zero-order chi connectivity index (χ0) is 8.10. The number of nitrogens with zero attached hydrogens (tertiary/aromatic N) is 2. The van der Waals surface area contributed by atoms with Crippen molar-refractivity contribution in [2.75, 3.05) is 13.6 Å². The number of hydrogen-bond acceptors (Lipinski definition) is 2. The maximum atomic E-state index is 5.75. The highest BCUT2D eigenvalue weighted by atomic mass is 35.5. The van der Waals surface area contributed by atoms with Gasteiger partial charge >= 0.3 is 0 Å². The minimum absolute atomic E-state index is 0.570. The molecule has 0 aromatic carbocycles. The van der Waals surface area contributed by atoms with Crippen molar-refractivity contribution < 1.29 is 0 Å². The third kappa shape index (κ3) is 2.52. The van der Waals surface area contributed by atoms with E-state index in [2.05, 4.69) is 10.3 Å². The van der Waals surface area contributed by atoms with Crippen LogP contribution < -0.4 is 5.32 Å². The summed E-state index contributed by atoms with van der Waals surface area (Å²) >= 11 is 5.75. The topological polar surface area (TPSA) is 29.9 Å². The Morgan fingerprint density at radius 1 is 1.73 bits per heavy atom. The van der Waals surface area contributed by atoms with Gasteiger partial charge in [-0.05, 0) is 31.6 Å². The summed E-state index contributed by atoms with van der Waals surface area (Å²) in [6, 6.07) is 0. The van der Waals surface area contributed by atoms with Gasteiger partial charge in [-0.3, -0.25) is 0 Å². The molecular formula is C7H12ClN3. The van der Waals surface area contributed by atoms with Crippen LogP contribution in [0.25, 0.3) is 0 Å². The Morgan fingerprint density at radius 2 is 2.55 bits per heavy atom. The van der Waals surface area contributed by atoms with Gasteiger partial charge < -0.3 is 9.88 Å². The zero-order valence-electron chi connectivity index (χ0n) is 6.55. The van der Waals surface area contributed by atoms with Crippen molar-refractivity contribution in [1.29, 1.82) is 0 Å². The minimum Gasteiger partial charge on any atom is -0.322 e. The van der Waals surface area contributed by atoms with Crippen LogP contribution in [-0.4, -0.2) is 23.1 Å². The predicted octanol–water partition coefficient (Wildman–Crippen LogP) is 1.15. The monoisotopic (exact) mass is 173 g/mol. The molecule has 62 valence electrons. The van der Waals surface area contributed by atoms with Crippen LogP contribution in [0, 0.1) is 0 Å². The Kier molecular flexibility index (Phi) is 3.39. The molecule has 0 bridgehead atoms. The van der Waals surface area contributed by atoms with E-state index >= 15 is 0 Å². The second-order valence-electron chi connectivity index (χ2n) is 2.35. The average Bonchev–Trinajstić information content (AvgIpc) is 2.37. The highest BCUT2D eigenvalue weighted by molar-refractivity contribution is 6.28. The highest BCUT2D eigenvalue weighted by Gasteiger charge is 1.96. The van der Waals surface area contributed by atoms with Crippen LogP contribution in [0.1, 0.15) is 6.42 Å². The van der Waals surface area contributed by atoms with E-state index in [4.69, 9.17) is 11.6 Å². The zero-order valence-corrected chi connectivity index (χ0v) is 7.30. The fourth-order valence-electron chi connectivity index (χ4n) is 0.904. The molecule has 1 N–H and O–H groups in total. The van der Waals surface area contributed by atoms with Gasteiger partial charge in [-0.1, -0.05) is 0 Å². The molecule has 1 aromatic rings. The van der Waals surface area contributed by atoms with Gasteiger partial charge in [0.2, 0.25) is 5.28 Å². The molecule has 1 aromatic heterocycles. The summed E-state index contributed by atoms with van der Waals surface area (Å²) in [7, 11) is 1.94. The fraction of sp³-hybridized carbons (Fsp3) is 0.571. The van der Waals surface area contributed by atoms with Crippen molar-refractivity contribution in [2.45, 2.75) is 13.0 Å². The van der Waals surface area contributed by atoms with E-state index in [1.54, 1.807) is 6.20 Å². The fourth-order valence-corrected chi connectivity index (χ4v) is 1.10. The summed E-state index contributed by atoms with van der Waals surface area (Å²) < 4.78 is 1.93. The van der Waals surface area contributed by atoms with Gasteiger partial charge in [-0.25, -0.2) is 4.98 Å². The number of aromatic nitrogens is 2. The molecule has 1 rings (SSSR count). The van der Waals surface area contributed by atoms with Crippen LogP contribution in [-0.2, 0) is 6.54 Å². The summed E-state index contributed by atoms with van der Waals surface area (Å²) in [5.41, 5.74) is 0. The van der Waals surface area contributed by atoms with Crippen molar-refractivity contribution in [3.63, 3.8) is 0 Å². The van der Waals surface area contributed by atoms with Gasteiger partial charge in [0.05, 0.1) is 0 Å². The molecule has 0 amide bonds. The normalized spacial score (nSPS) is 10.4. The van der Waals surface area contributed by atoms with Crippen LogP contribution >= 0.6 is 11.6 Å². The van der Waals surface area contributed by atoms with Gasteiger partial charge in [-0.2, -0.15) is 0 Å². The number of hydrogen-bond donors (Lipinski definition) is 1. The lowest BCUT2D eigenvalue weighted by molar-refractivity contribution is 0.613. The second-order valence-corrected chi connectivity index (χ2v) is 2.68. The molecule has 0 aliphatic heterocycles. The van der Waals surface area contributed by atoms with Gasteiger partial charge in [-0.15, -0.1) is 0 Å². The third-order valence-electron chi connectivity index (χ3n) is 1.49. The first kappa shape index (κ1) is 8.56. The van der Waals surface area contributed by atoms with E-state index in [-0.39, 0.29) is 0 Å². The molecule has 0 fully saturated rings. The molecule has 0 aliphatic rings. The Balaban J connectivity index is 2.32. The summed E-state index contributed by atoms with van der Waals surface area (Å²) in [4.78, 5) is 3.90. The SMILES string of the molecule is CNCCCn1ccnc1Cl. The van der Waals surface area contributed by atoms with Crippen molar-refractivity contribution >= 4 is 11.6 Å². The van der Waals surface area contributed by atoms with Crippen molar-refractivity contribution in [3.05, 3.63) is 17.7 Å². The number of imidazole rings is 1. The molecule has 0 radical (unpaired) electrons. The van der Waals surface area contributed by atoms with E-state index < -0.39 is 0 Å². The Bertz CT molecular complexity index is 209. The molecule has 11 heavy (non-hydrogen) atoms. The molecule has 0 saturated heterocycles. The number of halogens is 1. The highest BCUT2D eigenvalue weighted by Crippen LogP contribution is 2.04. The van der Waals surface area contributed by atoms with Gasteiger partial charge in [0, 0.05) is 18.9 Å². The molecule has 0 unspecified atom stereocenters. The Labute approximate surface area is 71.4 Å². The lowest BCUT2D eigenvalue weighted by Crippen LogP contribution is -2.10. The second kappa shape index (κ2) is 4.36. The van der Waals surface area contributed by atoms with E-state index in [0.29, 0.717) is 5.28 Å². The summed E-state index contributed by atoms with van der Waals surface area (Å²) in [5, 5.41) is 3.64. The van der Waals surface area contributed by atoms with E-state index in [0.717, 1.165) is 19.5 Å². The maximum Gasteiger partial charge on any atom is 0.202 e. The predicted molar refractivity (Wildman–Crippen MR) is 45.8 cm³/mol. The van der Waals surface area contributed by atoms with Crippen LogP contribution in [0.2, 0.25) is 5.28 Å². The smallest absolute Gasteiger partial charge is 0.202 e. The first-order valence-corrected chi connectivity index (χ1v) is 4.03. The molecule has 0 atom stereocenters. The van der Waals surface area contributed by atoms with Crippen molar-refractivity contribution in [3.8, 4) is 0 Å². The number of rotatable bonds is 4. The lowest BCUT2D eigenvalue weighted by Gasteiger charge is -2.01. The van der Waals surface area contributed by atoms with E-state index in [1.807, 2.05) is 17.8 Å². The molecule has 1 heterocycles. The van der Waals surface area contributed by atoms with Gasteiger partial charge in [0.1, 0.15) is 0 Å². The molecule has 0 saturated carbocycles. The Hall–Kier alpha value is -0.540. The average molecular weight is 174 g/mol. The standard InChI is InChI=1S/C7H12ClN3/c1-9-3-2-5-11-6-4-10-7(11)8/h4,6,9H,2-3,5H2,1H3. The molecular weight excluding hydrogens is 162 g/mol. The van der Waals surface area contributed by atoms with Crippen LogP contribution in [0.15, 0.2) is 12.4 Å². The van der Waals surface area contributed by atoms with Gasteiger partial charge in [0.25, 0.3) is 0 Å². The molecule has 0 spiro atoms. The molecule has 3 nitrogen and oxygen atoms in total. The summed E-state index contributed by atoms with van der Waals surface area (Å²) in [5.74, 6) is 0. The summed E-state index contributed by atoms with van der Waals surface area (Å²) in [6.07, 6.45) is 4.67. The van der Waals surface area contributed by atoms with Crippen LogP contribution in [0.3, 0.4) is 0 Å². The number of nitrogens with one attached hydrogen (secondary N) is 1. The van der Waals surface area contributed by atoms with Crippen LogP contribution in [0.5, 0.6) is 0 Å². The lowest BCUT2D eigenvalue weighted by atomic mass is 10.4. The number of aryl methyl sites for hydroxylation is 1. The van der Waals surface area contributed by atoms with Crippen molar-refractivity contribution in [1.82, 2.24) is 14.9 Å². The first-order chi connectivity index (χ1) is 5.34. The molecule has 4 heteroatoms. The van der Waals surface area contributed by atoms with E-state index in [1.165, 1.54) is 0 Å². The maximum absolute atomic E-state index is 5.75. The van der Waals surface area contributed by atoms with Crippen molar-refractivity contribution in [2.24, 2.45) is 0 Å². The Morgan fingerprint density at radius 3 is 3.09 bits per heavy atom.